The monoisotopic (exact) mass is 238 g/mol. The predicted molar refractivity (Wildman–Crippen MR) is 70.1 cm³/mol. The molecule has 2 aliphatic heterocycles. The number of hydrogen-bond donors (Lipinski definition) is 0. The first kappa shape index (κ1) is 13.0. The largest absolute Gasteiger partial charge is 0.298 e. The van der Waals surface area contributed by atoms with Gasteiger partial charge in [-0.05, 0) is 41.5 Å². The second-order valence-electron chi connectivity index (χ2n) is 7.49. The van der Waals surface area contributed by atoms with Gasteiger partial charge in [0.2, 0.25) is 0 Å². The summed E-state index contributed by atoms with van der Waals surface area (Å²) >= 11 is 0. The van der Waals surface area contributed by atoms with Crippen LogP contribution in [0.15, 0.2) is 0 Å². The predicted octanol–water partition coefficient (Wildman–Crippen LogP) is 1.91. The minimum atomic E-state index is 0.103. The second-order valence-corrected chi connectivity index (χ2v) is 7.49. The maximum atomic E-state index is 12.1. The Kier molecular flexibility index (Phi) is 2.91. The van der Waals surface area contributed by atoms with Crippen LogP contribution in [0.5, 0.6) is 0 Å². The molecule has 0 N–H and O–H groups in total. The standard InChI is InChI=1S/C14H26N2O/c1-13(2,3)15-8-10-7-12(17)11(9-15)16(10)14(4,5)6/h10-11H,7-9H2,1-6H3. The molecule has 2 heterocycles. The highest BCUT2D eigenvalue weighted by Crippen LogP contribution is 2.36. The van der Waals surface area contributed by atoms with E-state index in [1.807, 2.05) is 0 Å². The Morgan fingerprint density at radius 2 is 1.59 bits per heavy atom. The molecule has 0 aromatic heterocycles. The van der Waals surface area contributed by atoms with Crippen molar-refractivity contribution in [3.63, 3.8) is 0 Å². The van der Waals surface area contributed by atoms with Crippen molar-refractivity contribution >= 4 is 5.78 Å². The zero-order chi connectivity index (χ0) is 13.0. The van der Waals surface area contributed by atoms with E-state index in [-0.39, 0.29) is 17.1 Å². The Morgan fingerprint density at radius 1 is 1.00 bits per heavy atom. The van der Waals surface area contributed by atoms with Crippen LogP contribution in [0.2, 0.25) is 0 Å². The first-order chi connectivity index (χ1) is 7.60. The highest BCUT2D eigenvalue weighted by atomic mass is 16.1. The Balaban J connectivity index is 2.23. The molecule has 0 aliphatic carbocycles. The van der Waals surface area contributed by atoms with Crippen LogP contribution in [-0.4, -0.2) is 51.8 Å². The van der Waals surface area contributed by atoms with Crippen LogP contribution in [0.3, 0.4) is 0 Å². The van der Waals surface area contributed by atoms with E-state index in [1.165, 1.54) is 0 Å². The smallest absolute Gasteiger partial charge is 0.152 e. The van der Waals surface area contributed by atoms with E-state index in [2.05, 4.69) is 51.3 Å². The molecule has 3 heteroatoms. The van der Waals surface area contributed by atoms with E-state index in [0.717, 1.165) is 19.5 Å². The fourth-order valence-electron chi connectivity index (χ4n) is 3.32. The van der Waals surface area contributed by atoms with E-state index in [9.17, 15) is 4.79 Å². The zero-order valence-corrected chi connectivity index (χ0v) is 12.1. The van der Waals surface area contributed by atoms with Crippen LogP contribution in [0.25, 0.3) is 0 Å². The van der Waals surface area contributed by atoms with Crippen molar-refractivity contribution in [2.75, 3.05) is 13.1 Å². The molecule has 17 heavy (non-hydrogen) atoms. The molecule has 98 valence electrons. The van der Waals surface area contributed by atoms with Crippen LogP contribution >= 0.6 is 0 Å². The average Bonchev–Trinajstić information content (AvgIpc) is 2.32. The lowest BCUT2D eigenvalue weighted by Crippen LogP contribution is -2.63. The van der Waals surface area contributed by atoms with Gasteiger partial charge in [0, 0.05) is 36.6 Å². The third-order valence-corrected chi connectivity index (χ3v) is 4.09. The lowest BCUT2D eigenvalue weighted by Gasteiger charge is -2.50. The number of ketones is 1. The fourth-order valence-corrected chi connectivity index (χ4v) is 3.32. The van der Waals surface area contributed by atoms with Crippen molar-refractivity contribution in [1.82, 2.24) is 9.80 Å². The van der Waals surface area contributed by atoms with Crippen LogP contribution in [0.1, 0.15) is 48.0 Å². The fraction of sp³-hybridized carbons (Fsp3) is 0.929. The third-order valence-electron chi connectivity index (χ3n) is 4.09. The molecule has 2 rings (SSSR count). The molecule has 2 aliphatic rings. The van der Waals surface area contributed by atoms with E-state index in [0.29, 0.717) is 11.8 Å². The Bertz CT molecular complexity index is 324. The van der Waals surface area contributed by atoms with E-state index < -0.39 is 0 Å². The van der Waals surface area contributed by atoms with Crippen molar-refractivity contribution in [1.29, 1.82) is 0 Å². The van der Waals surface area contributed by atoms with Gasteiger partial charge in [-0.15, -0.1) is 0 Å². The number of carbonyl (C=O) groups excluding carboxylic acids is 1. The number of carbonyl (C=O) groups is 1. The van der Waals surface area contributed by atoms with E-state index in [1.54, 1.807) is 0 Å². The number of likely N-dealkylation sites (tertiary alicyclic amines) is 1. The van der Waals surface area contributed by atoms with Crippen LogP contribution in [-0.2, 0) is 4.79 Å². The van der Waals surface area contributed by atoms with Gasteiger partial charge in [-0.2, -0.15) is 0 Å². The summed E-state index contributed by atoms with van der Waals surface area (Å²) in [5, 5.41) is 0. The lowest BCUT2D eigenvalue weighted by molar-refractivity contribution is -0.122. The molecule has 0 aromatic rings. The van der Waals surface area contributed by atoms with Gasteiger partial charge in [-0.1, -0.05) is 0 Å². The highest BCUT2D eigenvalue weighted by Gasteiger charge is 2.50. The average molecular weight is 238 g/mol. The molecule has 3 nitrogen and oxygen atoms in total. The van der Waals surface area contributed by atoms with Crippen molar-refractivity contribution in [2.45, 2.75) is 71.1 Å². The molecule has 0 spiro atoms. The molecule has 2 bridgehead atoms. The number of rotatable bonds is 0. The van der Waals surface area contributed by atoms with Gasteiger partial charge in [-0.25, -0.2) is 0 Å². The summed E-state index contributed by atoms with van der Waals surface area (Å²) in [6.45, 7) is 15.3. The van der Waals surface area contributed by atoms with Crippen molar-refractivity contribution < 1.29 is 4.79 Å². The summed E-state index contributed by atoms with van der Waals surface area (Å²) in [6.07, 6.45) is 0.745. The van der Waals surface area contributed by atoms with Gasteiger partial charge >= 0.3 is 0 Å². The van der Waals surface area contributed by atoms with Gasteiger partial charge in [-0.3, -0.25) is 14.6 Å². The molecule has 0 radical (unpaired) electrons. The summed E-state index contributed by atoms with van der Waals surface area (Å²) in [5.74, 6) is 0.441. The maximum Gasteiger partial charge on any atom is 0.152 e. The van der Waals surface area contributed by atoms with Crippen LogP contribution in [0.4, 0.5) is 0 Å². The van der Waals surface area contributed by atoms with Crippen molar-refractivity contribution in [3.05, 3.63) is 0 Å². The minimum Gasteiger partial charge on any atom is -0.298 e. The molecule has 0 amide bonds. The number of piperazine rings is 1. The minimum absolute atomic E-state index is 0.103. The summed E-state index contributed by atoms with van der Waals surface area (Å²) in [4.78, 5) is 17.0. The van der Waals surface area contributed by atoms with Gasteiger partial charge in [0.1, 0.15) is 0 Å². The topological polar surface area (TPSA) is 23.6 Å². The van der Waals surface area contributed by atoms with Crippen LogP contribution in [0, 0.1) is 0 Å². The van der Waals surface area contributed by atoms with Gasteiger partial charge in [0.25, 0.3) is 0 Å². The first-order valence-corrected chi connectivity index (χ1v) is 6.67. The number of Topliss-reactive ketones (excluding diaryl/α,β-unsaturated/α-hetero) is 1. The quantitative estimate of drug-likeness (QED) is 0.644. The number of nitrogens with zero attached hydrogens (tertiary/aromatic N) is 2. The highest BCUT2D eigenvalue weighted by molar-refractivity contribution is 5.87. The molecular formula is C14H26N2O. The second kappa shape index (κ2) is 3.79. The Morgan fingerprint density at radius 3 is 2.00 bits per heavy atom. The summed E-state index contributed by atoms with van der Waals surface area (Å²) < 4.78 is 0. The summed E-state index contributed by atoms with van der Waals surface area (Å²) in [6, 6.07) is 0.536. The first-order valence-electron chi connectivity index (χ1n) is 6.67. The SMILES string of the molecule is CC(C)(C)N1CC2CC(=O)C(C1)N2C(C)(C)C. The normalized spacial score (nSPS) is 32.2. The zero-order valence-electron chi connectivity index (χ0n) is 12.1. The summed E-state index contributed by atoms with van der Waals surface area (Å²) in [7, 11) is 0. The van der Waals surface area contributed by atoms with E-state index >= 15 is 0 Å². The van der Waals surface area contributed by atoms with Gasteiger partial charge < -0.3 is 0 Å². The molecule has 0 aromatic carbocycles. The lowest BCUT2D eigenvalue weighted by atomic mass is 9.97. The number of hydrogen-bond acceptors (Lipinski definition) is 3. The molecule has 2 unspecified atom stereocenters. The summed E-state index contributed by atoms with van der Waals surface area (Å²) in [5.41, 5.74) is 0.274. The molecule has 2 saturated heterocycles. The molecule has 2 atom stereocenters. The molecule has 0 saturated carbocycles. The van der Waals surface area contributed by atoms with Crippen LogP contribution < -0.4 is 0 Å². The van der Waals surface area contributed by atoms with E-state index in [4.69, 9.17) is 0 Å². The van der Waals surface area contributed by atoms with Gasteiger partial charge in [0.15, 0.2) is 5.78 Å². The number of fused-ring (bicyclic) bond motifs is 2. The molecule has 2 fully saturated rings. The Labute approximate surface area is 105 Å². The van der Waals surface area contributed by atoms with Gasteiger partial charge in [0.05, 0.1) is 6.04 Å². The third kappa shape index (κ3) is 2.27. The Hall–Kier alpha value is -0.410. The van der Waals surface area contributed by atoms with Crippen molar-refractivity contribution in [3.8, 4) is 0 Å². The molecular weight excluding hydrogens is 212 g/mol. The maximum absolute atomic E-state index is 12.1. The van der Waals surface area contributed by atoms with Crippen molar-refractivity contribution in [2.24, 2.45) is 0 Å².